The molecule has 6 heteroatoms. The third kappa shape index (κ3) is 64.8. The molecule has 0 spiro atoms. The van der Waals surface area contributed by atoms with Crippen molar-refractivity contribution in [3.8, 4) is 0 Å². The largest absolute Gasteiger partial charge is 0.466 e. The van der Waals surface area contributed by atoms with E-state index in [1.807, 2.05) is 6.08 Å². The van der Waals surface area contributed by atoms with E-state index in [1.165, 1.54) is 289 Å². The monoisotopic (exact) mass is 1110 g/mol. The summed E-state index contributed by atoms with van der Waals surface area (Å²) in [7, 11) is 0. The summed E-state index contributed by atoms with van der Waals surface area (Å²) in [6, 6.07) is -0.638. The molecule has 0 saturated heterocycles. The number of nitrogens with one attached hydrogen (secondary N) is 1. The van der Waals surface area contributed by atoms with Crippen molar-refractivity contribution in [2.75, 3.05) is 13.2 Å². The maximum atomic E-state index is 12.5. The van der Waals surface area contributed by atoms with E-state index >= 15 is 0 Å². The molecular formula is C73H137NO5. The number of carbonyl (C=O) groups is 2. The van der Waals surface area contributed by atoms with Crippen LogP contribution in [0.1, 0.15) is 380 Å². The van der Waals surface area contributed by atoms with Gasteiger partial charge < -0.3 is 20.3 Å². The SMILES string of the molecule is CCCCCCC/C=C\CCCCCCCC(=O)OCCCCCCCCCCC/C=C\C/C=C\CCCCCCCCCC(=O)NC(CO)C(O)/C=C/CCCCCCCCCCCCCCCCCCCCCCCCC. The Morgan fingerprint density at radius 1 is 0.354 bits per heavy atom. The van der Waals surface area contributed by atoms with Crippen LogP contribution in [-0.4, -0.2) is 47.4 Å². The normalized spacial score (nSPS) is 12.8. The summed E-state index contributed by atoms with van der Waals surface area (Å²) < 4.78 is 5.48. The van der Waals surface area contributed by atoms with Crippen molar-refractivity contribution in [3.05, 3.63) is 48.6 Å². The molecule has 0 aromatic heterocycles. The number of hydrogen-bond acceptors (Lipinski definition) is 5. The van der Waals surface area contributed by atoms with Crippen LogP contribution in [0.15, 0.2) is 48.6 Å². The molecule has 0 saturated carbocycles. The quantitative estimate of drug-likeness (QED) is 0.0320. The van der Waals surface area contributed by atoms with Crippen LogP contribution in [-0.2, 0) is 14.3 Å². The molecule has 6 nitrogen and oxygen atoms in total. The predicted octanol–water partition coefficient (Wildman–Crippen LogP) is 22.9. The van der Waals surface area contributed by atoms with E-state index in [0.29, 0.717) is 19.4 Å². The van der Waals surface area contributed by atoms with Gasteiger partial charge in [0.1, 0.15) is 0 Å². The molecule has 3 N–H and O–H groups in total. The maximum Gasteiger partial charge on any atom is 0.305 e. The average molecular weight is 1110 g/mol. The fourth-order valence-corrected chi connectivity index (χ4v) is 10.9. The molecular weight excluding hydrogens is 971 g/mol. The lowest BCUT2D eigenvalue weighted by Crippen LogP contribution is -2.45. The summed E-state index contributed by atoms with van der Waals surface area (Å²) in [6.45, 7) is 4.91. The van der Waals surface area contributed by atoms with Gasteiger partial charge in [-0.1, -0.05) is 326 Å². The fraction of sp³-hybridized carbons (Fsp3) is 0.863. The van der Waals surface area contributed by atoms with Crippen LogP contribution in [0, 0.1) is 0 Å². The van der Waals surface area contributed by atoms with Crippen LogP contribution in [0.25, 0.3) is 0 Å². The lowest BCUT2D eigenvalue weighted by atomic mass is 10.0. The maximum absolute atomic E-state index is 12.5. The van der Waals surface area contributed by atoms with Gasteiger partial charge in [0.05, 0.1) is 25.4 Å². The van der Waals surface area contributed by atoms with Crippen molar-refractivity contribution in [1.29, 1.82) is 0 Å². The molecule has 2 unspecified atom stereocenters. The summed E-state index contributed by atoms with van der Waals surface area (Å²) in [5, 5.41) is 23.3. The van der Waals surface area contributed by atoms with E-state index in [9.17, 15) is 19.8 Å². The highest BCUT2D eigenvalue weighted by Gasteiger charge is 2.18. The number of carbonyl (C=O) groups excluding carboxylic acids is 2. The zero-order valence-corrected chi connectivity index (χ0v) is 53.1. The van der Waals surface area contributed by atoms with Crippen molar-refractivity contribution in [2.24, 2.45) is 0 Å². The second-order valence-corrected chi connectivity index (χ2v) is 24.2. The topological polar surface area (TPSA) is 95.9 Å². The molecule has 0 aromatic carbocycles. The standard InChI is InChI=1S/C73H137NO5/c1-3-5-7-9-11-13-15-17-19-20-21-22-23-24-26-29-32-35-38-41-45-49-53-57-61-65-71(76)70(69-75)74-72(77)66-62-58-54-50-46-42-39-36-33-30-27-25-28-31-34-37-40-44-48-52-56-60-64-68-79-73(78)67-63-59-55-51-47-43-18-16-14-12-10-8-6-4-2/h16,18,25,28,30,33,61,65,70-71,75-76H,3-15,17,19-24,26-27,29,31-32,34-60,62-64,66-69H2,1-2H3,(H,74,77)/b18-16-,28-25-,33-30-,65-61+. The van der Waals surface area contributed by atoms with Gasteiger partial charge >= 0.3 is 5.97 Å². The number of ether oxygens (including phenoxy) is 1. The minimum Gasteiger partial charge on any atom is -0.466 e. The van der Waals surface area contributed by atoms with Crippen molar-refractivity contribution in [2.45, 2.75) is 392 Å². The minimum atomic E-state index is -0.854. The Hall–Kier alpha value is -2.18. The smallest absolute Gasteiger partial charge is 0.305 e. The first kappa shape index (κ1) is 76.8. The Labute approximate surface area is 493 Å². The molecule has 0 aliphatic heterocycles. The Balaban J connectivity index is 3.48. The number of hydrogen-bond donors (Lipinski definition) is 3. The molecule has 0 heterocycles. The predicted molar refractivity (Wildman–Crippen MR) is 347 cm³/mol. The van der Waals surface area contributed by atoms with E-state index in [1.54, 1.807) is 6.08 Å². The van der Waals surface area contributed by atoms with Gasteiger partial charge in [-0.2, -0.15) is 0 Å². The van der Waals surface area contributed by atoms with Crippen LogP contribution in [0.3, 0.4) is 0 Å². The highest BCUT2D eigenvalue weighted by molar-refractivity contribution is 5.76. The number of aliphatic hydroxyl groups is 2. The van der Waals surface area contributed by atoms with Crippen LogP contribution >= 0.6 is 0 Å². The lowest BCUT2D eigenvalue weighted by molar-refractivity contribution is -0.143. The minimum absolute atomic E-state index is 0.00178. The first-order valence-electron chi connectivity index (χ1n) is 35.4. The molecule has 0 aromatic rings. The van der Waals surface area contributed by atoms with Gasteiger partial charge in [0.15, 0.2) is 0 Å². The molecule has 2 atom stereocenters. The fourth-order valence-electron chi connectivity index (χ4n) is 10.9. The van der Waals surface area contributed by atoms with E-state index in [-0.39, 0.29) is 18.5 Å². The molecule has 0 aliphatic rings. The van der Waals surface area contributed by atoms with Gasteiger partial charge in [0.2, 0.25) is 5.91 Å². The van der Waals surface area contributed by atoms with Gasteiger partial charge in [-0.15, -0.1) is 0 Å². The molecule has 0 aliphatic carbocycles. The second kappa shape index (κ2) is 68.3. The highest BCUT2D eigenvalue weighted by atomic mass is 16.5. The zero-order valence-electron chi connectivity index (χ0n) is 53.1. The third-order valence-electron chi connectivity index (χ3n) is 16.3. The van der Waals surface area contributed by atoms with E-state index < -0.39 is 12.1 Å². The summed E-state index contributed by atoms with van der Waals surface area (Å²) in [6.07, 6.45) is 89.0. The van der Waals surface area contributed by atoms with Crippen molar-refractivity contribution < 1.29 is 24.5 Å². The lowest BCUT2D eigenvalue weighted by Gasteiger charge is -2.20. The Morgan fingerprint density at radius 3 is 0.975 bits per heavy atom. The number of amides is 1. The van der Waals surface area contributed by atoms with Crippen molar-refractivity contribution >= 4 is 11.9 Å². The molecule has 0 rings (SSSR count). The third-order valence-corrected chi connectivity index (χ3v) is 16.3. The molecule has 79 heavy (non-hydrogen) atoms. The van der Waals surface area contributed by atoms with E-state index in [2.05, 4.69) is 55.6 Å². The van der Waals surface area contributed by atoms with Gasteiger partial charge in [0, 0.05) is 12.8 Å². The molecule has 0 radical (unpaired) electrons. The first-order chi connectivity index (χ1) is 39.0. The number of allylic oxidation sites excluding steroid dienone is 7. The Morgan fingerprint density at radius 2 is 0.633 bits per heavy atom. The summed E-state index contributed by atoms with van der Waals surface area (Å²) in [5.41, 5.74) is 0. The summed E-state index contributed by atoms with van der Waals surface area (Å²) in [5.74, 6) is -0.0769. The van der Waals surface area contributed by atoms with Crippen LogP contribution in [0.5, 0.6) is 0 Å². The summed E-state index contributed by atoms with van der Waals surface area (Å²) >= 11 is 0. The Kier molecular flexibility index (Phi) is 66.4. The molecule has 464 valence electrons. The van der Waals surface area contributed by atoms with Crippen LogP contribution < -0.4 is 5.32 Å². The number of aliphatic hydroxyl groups excluding tert-OH is 2. The van der Waals surface area contributed by atoms with Crippen LogP contribution in [0.2, 0.25) is 0 Å². The first-order valence-corrected chi connectivity index (χ1v) is 35.4. The molecule has 0 fully saturated rings. The number of unbranched alkanes of at least 4 members (excludes halogenated alkanes) is 49. The zero-order chi connectivity index (χ0) is 57.1. The number of rotatable bonds is 66. The van der Waals surface area contributed by atoms with Gasteiger partial charge in [0.25, 0.3) is 0 Å². The Bertz CT molecular complexity index is 1320. The van der Waals surface area contributed by atoms with E-state index in [4.69, 9.17) is 4.74 Å². The summed E-state index contributed by atoms with van der Waals surface area (Å²) in [4.78, 5) is 24.6. The van der Waals surface area contributed by atoms with Crippen molar-refractivity contribution in [1.82, 2.24) is 5.32 Å². The van der Waals surface area contributed by atoms with E-state index in [0.717, 1.165) is 64.2 Å². The second-order valence-electron chi connectivity index (χ2n) is 24.2. The van der Waals surface area contributed by atoms with Gasteiger partial charge in [-0.25, -0.2) is 0 Å². The molecule has 0 bridgehead atoms. The van der Waals surface area contributed by atoms with Gasteiger partial charge in [-0.05, 0) is 89.9 Å². The van der Waals surface area contributed by atoms with Crippen molar-refractivity contribution in [3.63, 3.8) is 0 Å². The average Bonchev–Trinajstić information content (AvgIpc) is 3.45. The number of esters is 1. The highest BCUT2D eigenvalue weighted by Crippen LogP contribution is 2.18. The van der Waals surface area contributed by atoms with Gasteiger partial charge in [-0.3, -0.25) is 9.59 Å². The van der Waals surface area contributed by atoms with Crippen LogP contribution in [0.4, 0.5) is 0 Å². The molecule has 1 amide bonds.